The highest BCUT2D eigenvalue weighted by Crippen LogP contribution is 2.14. The van der Waals surface area contributed by atoms with Gasteiger partial charge in [0, 0.05) is 23.0 Å². The molecule has 124 valence electrons. The number of nitrogens with one attached hydrogen (secondary N) is 1. The smallest absolute Gasteiger partial charge is 0.310 e. The number of ether oxygens (including phenoxy) is 1. The van der Waals surface area contributed by atoms with Gasteiger partial charge in [0.2, 0.25) is 0 Å². The fraction of sp³-hybridized carbons (Fsp3) is 0.533. The summed E-state index contributed by atoms with van der Waals surface area (Å²) in [6.45, 7) is 7.23. The maximum Gasteiger partial charge on any atom is 0.310 e. The number of hydrogen-bond acceptors (Lipinski definition) is 6. The zero-order valence-electron chi connectivity index (χ0n) is 13.8. The lowest BCUT2D eigenvalue weighted by atomic mass is 10.1. The number of carbonyl (C=O) groups is 2. The molecular weight excluding hydrogens is 298 g/mol. The zero-order chi connectivity index (χ0) is 17.0. The molecule has 8 nitrogen and oxygen atoms in total. The molecule has 0 bridgehead atoms. The molecule has 0 saturated heterocycles. The first-order chi connectivity index (χ1) is 10.9. The van der Waals surface area contributed by atoms with Gasteiger partial charge in [-0.2, -0.15) is 10.1 Å². The van der Waals surface area contributed by atoms with Crippen molar-refractivity contribution in [2.24, 2.45) is 0 Å². The van der Waals surface area contributed by atoms with E-state index in [1.54, 1.807) is 11.4 Å². The molecule has 0 aliphatic heterocycles. The molecule has 1 N–H and O–H groups in total. The Kier molecular flexibility index (Phi) is 5.25. The molecule has 1 atom stereocenters. The van der Waals surface area contributed by atoms with Gasteiger partial charge in [-0.1, -0.05) is 6.92 Å². The molecule has 2 aromatic heterocycles. The number of aryl methyl sites for hydroxylation is 2. The third-order valence-corrected chi connectivity index (χ3v) is 3.69. The van der Waals surface area contributed by atoms with Crippen LogP contribution in [0.5, 0.6) is 0 Å². The van der Waals surface area contributed by atoms with Gasteiger partial charge in [0.05, 0.1) is 6.42 Å². The number of carbonyl (C=O) groups excluding carboxylic acids is 2. The van der Waals surface area contributed by atoms with Gasteiger partial charge >= 0.3 is 5.97 Å². The molecule has 0 unspecified atom stereocenters. The van der Waals surface area contributed by atoms with E-state index >= 15 is 0 Å². The van der Waals surface area contributed by atoms with E-state index in [-0.39, 0.29) is 25.0 Å². The molecule has 0 saturated carbocycles. The summed E-state index contributed by atoms with van der Waals surface area (Å²) in [7, 11) is 0. The summed E-state index contributed by atoms with van der Waals surface area (Å²) in [6.07, 6.45) is 2.27. The van der Waals surface area contributed by atoms with Gasteiger partial charge in [0.25, 0.3) is 11.7 Å². The lowest BCUT2D eigenvalue weighted by Crippen LogP contribution is -2.35. The first-order valence-corrected chi connectivity index (χ1v) is 7.53. The molecule has 2 heterocycles. The Labute approximate surface area is 134 Å². The van der Waals surface area contributed by atoms with Crippen LogP contribution >= 0.6 is 0 Å². The van der Waals surface area contributed by atoms with Crippen molar-refractivity contribution in [1.29, 1.82) is 0 Å². The second kappa shape index (κ2) is 7.17. The number of nitrogens with zero attached hydrogens (tertiary/aromatic N) is 4. The lowest BCUT2D eigenvalue weighted by molar-refractivity contribution is -0.148. The van der Waals surface area contributed by atoms with Crippen molar-refractivity contribution in [2.75, 3.05) is 6.61 Å². The van der Waals surface area contributed by atoms with E-state index in [0.29, 0.717) is 11.5 Å². The van der Waals surface area contributed by atoms with Crippen molar-refractivity contribution in [2.45, 2.75) is 46.6 Å². The SMILES string of the molecule is CC[C@H](C)NC(=O)COC(=O)Cc1c(C)nc2ncnn2c1C. The highest BCUT2D eigenvalue weighted by Gasteiger charge is 2.16. The van der Waals surface area contributed by atoms with Crippen LogP contribution in [0.4, 0.5) is 0 Å². The van der Waals surface area contributed by atoms with Crippen LogP contribution in [0.15, 0.2) is 6.33 Å². The summed E-state index contributed by atoms with van der Waals surface area (Å²) in [5.41, 5.74) is 2.21. The Morgan fingerprint density at radius 2 is 2.13 bits per heavy atom. The number of amides is 1. The Hall–Kier alpha value is -2.51. The van der Waals surface area contributed by atoms with Crippen LogP contribution in [0.2, 0.25) is 0 Å². The van der Waals surface area contributed by atoms with E-state index in [9.17, 15) is 9.59 Å². The summed E-state index contributed by atoms with van der Waals surface area (Å²) in [5.74, 6) is -0.284. The average Bonchev–Trinajstić information content (AvgIpc) is 2.97. The summed E-state index contributed by atoms with van der Waals surface area (Å²) >= 11 is 0. The van der Waals surface area contributed by atoms with Crippen molar-refractivity contribution >= 4 is 17.7 Å². The highest BCUT2D eigenvalue weighted by molar-refractivity contribution is 5.81. The molecule has 0 spiro atoms. The van der Waals surface area contributed by atoms with Gasteiger partial charge < -0.3 is 10.1 Å². The molecular formula is C15H21N5O3. The minimum absolute atomic E-state index is 0.0388. The number of esters is 1. The molecule has 0 aromatic carbocycles. The van der Waals surface area contributed by atoms with Crippen molar-refractivity contribution in [3.63, 3.8) is 0 Å². The van der Waals surface area contributed by atoms with Crippen molar-refractivity contribution in [1.82, 2.24) is 24.9 Å². The van der Waals surface area contributed by atoms with Crippen molar-refractivity contribution in [3.05, 3.63) is 23.3 Å². The van der Waals surface area contributed by atoms with E-state index in [2.05, 4.69) is 20.4 Å². The van der Waals surface area contributed by atoms with Crippen LogP contribution in [0.3, 0.4) is 0 Å². The predicted molar refractivity (Wildman–Crippen MR) is 82.8 cm³/mol. The molecule has 8 heteroatoms. The standard InChI is InChI=1S/C15H21N5O3/c1-5-9(2)18-13(21)7-23-14(22)6-12-10(3)19-15-16-8-17-20(15)11(12)4/h8-9H,5-7H2,1-4H3,(H,18,21)/t9-/m0/s1. The van der Waals surface area contributed by atoms with Gasteiger partial charge in [0.1, 0.15) is 6.33 Å². The number of fused-ring (bicyclic) bond motifs is 1. The van der Waals surface area contributed by atoms with Gasteiger partial charge in [-0.25, -0.2) is 9.50 Å². The number of aromatic nitrogens is 4. The Morgan fingerprint density at radius 3 is 2.83 bits per heavy atom. The third kappa shape index (κ3) is 4.02. The molecule has 23 heavy (non-hydrogen) atoms. The molecule has 2 rings (SSSR count). The zero-order valence-corrected chi connectivity index (χ0v) is 13.8. The second-order valence-electron chi connectivity index (χ2n) is 5.45. The average molecular weight is 319 g/mol. The Bertz CT molecular complexity index is 725. The minimum atomic E-state index is -0.475. The van der Waals surface area contributed by atoms with Gasteiger partial charge in [-0.3, -0.25) is 9.59 Å². The first kappa shape index (κ1) is 16.9. The fourth-order valence-corrected chi connectivity index (χ4v) is 2.17. The quantitative estimate of drug-likeness (QED) is 0.789. The molecule has 2 aromatic rings. The van der Waals surface area contributed by atoms with Gasteiger partial charge in [-0.15, -0.1) is 0 Å². The van der Waals surface area contributed by atoms with Crippen LogP contribution in [0, 0.1) is 13.8 Å². The summed E-state index contributed by atoms with van der Waals surface area (Å²) in [4.78, 5) is 31.9. The lowest BCUT2D eigenvalue weighted by Gasteiger charge is -2.12. The van der Waals surface area contributed by atoms with E-state index in [4.69, 9.17) is 4.74 Å². The van der Waals surface area contributed by atoms with Gasteiger partial charge in [0.15, 0.2) is 6.61 Å². The van der Waals surface area contributed by atoms with Crippen LogP contribution in [-0.4, -0.2) is 44.1 Å². The largest absolute Gasteiger partial charge is 0.455 e. The summed E-state index contributed by atoms with van der Waals surface area (Å²) in [6, 6.07) is 0.0598. The number of hydrogen-bond donors (Lipinski definition) is 1. The third-order valence-electron chi connectivity index (χ3n) is 3.69. The molecule has 1 amide bonds. The van der Waals surface area contributed by atoms with Crippen molar-refractivity contribution < 1.29 is 14.3 Å². The maximum atomic E-state index is 12.0. The first-order valence-electron chi connectivity index (χ1n) is 7.53. The maximum absolute atomic E-state index is 12.0. The highest BCUT2D eigenvalue weighted by atomic mass is 16.5. The van der Waals surface area contributed by atoms with E-state index in [0.717, 1.165) is 17.7 Å². The van der Waals surface area contributed by atoms with Crippen LogP contribution in [-0.2, 0) is 20.7 Å². The van der Waals surface area contributed by atoms with E-state index in [1.165, 1.54) is 6.33 Å². The van der Waals surface area contributed by atoms with Crippen molar-refractivity contribution in [3.8, 4) is 0 Å². The Morgan fingerprint density at radius 1 is 1.39 bits per heavy atom. The molecule has 0 radical (unpaired) electrons. The van der Waals surface area contributed by atoms with E-state index in [1.807, 2.05) is 20.8 Å². The fourth-order valence-electron chi connectivity index (χ4n) is 2.17. The summed E-state index contributed by atoms with van der Waals surface area (Å²) in [5, 5.41) is 6.81. The van der Waals surface area contributed by atoms with Crippen LogP contribution in [0.1, 0.15) is 37.2 Å². The van der Waals surface area contributed by atoms with Crippen LogP contribution < -0.4 is 5.32 Å². The monoisotopic (exact) mass is 319 g/mol. The molecule has 0 fully saturated rings. The predicted octanol–water partition coefficient (Wildman–Crippen LogP) is 0.742. The molecule has 0 aliphatic carbocycles. The normalized spacial score (nSPS) is 12.2. The van der Waals surface area contributed by atoms with E-state index < -0.39 is 5.97 Å². The molecule has 0 aliphatic rings. The number of rotatable bonds is 6. The second-order valence-corrected chi connectivity index (χ2v) is 5.45. The minimum Gasteiger partial charge on any atom is -0.455 e. The topological polar surface area (TPSA) is 98.5 Å². The summed E-state index contributed by atoms with van der Waals surface area (Å²) < 4.78 is 6.61. The van der Waals surface area contributed by atoms with Gasteiger partial charge in [-0.05, 0) is 27.2 Å². The van der Waals surface area contributed by atoms with Crippen LogP contribution in [0.25, 0.3) is 5.78 Å². The Balaban J connectivity index is 1.99.